The second-order valence-electron chi connectivity index (χ2n) is 6.36. The lowest BCUT2D eigenvalue weighted by atomic mass is 10.1. The number of benzene rings is 1. The maximum Gasteiger partial charge on any atom is 0.230 e. The van der Waals surface area contributed by atoms with E-state index in [1.807, 2.05) is 41.8 Å². The van der Waals surface area contributed by atoms with Gasteiger partial charge in [0.05, 0.1) is 17.8 Å². The molecular formula is C20H18N4O2S. The highest BCUT2D eigenvalue weighted by Crippen LogP contribution is 2.26. The number of aryl methyl sites for hydroxylation is 1. The van der Waals surface area contributed by atoms with Crippen molar-refractivity contribution in [3.05, 3.63) is 59.2 Å². The van der Waals surface area contributed by atoms with Crippen molar-refractivity contribution in [1.82, 2.24) is 9.97 Å². The molecule has 3 aromatic rings. The highest BCUT2D eigenvalue weighted by Gasteiger charge is 2.14. The summed E-state index contributed by atoms with van der Waals surface area (Å²) in [6.45, 7) is 0. The molecule has 1 aliphatic heterocycles. The van der Waals surface area contributed by atoms with E-state index >= 15 is 0 Å². The van der Waals surface area contributed by atoms with Crippen molar-refractivity contribution >= 4 is 34.5 Å². The van der Waals surface area contributed by atoms with Crippen LogP contribution in [0.25, 0.3) is 10.7 Å². The Morgan fingerprint density at radius 1 is 1.22 bits per heavy atom. The van der Waals surface area contributed by atoms with E-state index in [4.69, 9.17) is 0 Å². The molecule has 136 valence electrons. The number of nitrogens with zero attached hydrogens (tertiary/aromatic N) is 2. The summed E-state index contributed by atoms with van der Waals surface area (Å²) >= 11 is 1.48. The zero-order chi connectivity index (χ0) is 18.6. The molecule has 0 radical (unpaired) electrons. The number of thiazole rings is 1. The van der Waals surface area contributed by atoms with E-state index < -0.39 is 0 Å². The van der Waals surface area contributed by atoms with Gasteiger partial charge in [-0.15, -0.1) is 11.3 Å². The van der Waals surface area contributed by atoms with Gasteiger partial charge in [0, 0.05) is 29.4 Å². The van der Waals surface area contributed by atoms with E-state index in [1.165, 1.54) is 11.3 Å². The van der Waals surface area contributed by atoms with Gasteiger partial charge < -0.3 is 10.6 Å². The van der Waals surface area contributed by atoms with E-state index in [0.717, 1.165) is 46.2 Å². The normalized spacial score (nSPS) is 13.4. The minimum atomic E-state index is -0.120. The van der Waals surface area contributed by atoms with Crippen molar-refractivity contribution in [1.29, 1.82) is 0 Å². The van der Waals surface area contributed by atoms with Gasteiger partial charge in [0.2, 0.25) is 11.8 Å². The van der Waals surface area contributed by atoms with Crippen LogP contribution in [0.3, 0.4) is 0 Å². The first kappa shape index (κ1) is 17.4. The van der Waals surface area contributed by atoms with Crippen molar-refractivity contribution < 1.29 is 9.59 Å². The molecule has 2 aromatic heterocycles. The topological polar surface area (TPSA) is 84.0 Å². The molecule has 3 heterocycles. The molecule has 2 N–H and O–H groups in total. The average molecular weight is 378 g/mol. The van der Waals surface area contributed by atoms with Crippen molar-refractivity contribution in [3.8, 4) is 10.7 Å². The van der Waals surface area contributed by atoms with Gasteiger partial charge in [-0.05, 0) is 48.7 Å². The van der Waals surface area contributed by atoms with Gasteiger partial charge in [-0.25, -0.2) is 4.98 Å². The molecule has 0 unspecified atom stereocenters. The molecule has 2 amide bonds. The van der Waals surface area contributed by atoms with E-state index in [9.17, 15) is 9.59 Å². The number of anilines is 2. The van der Waals surface area contributed by atoms with Crippen molar-refractivity contribution in [2.24, 2.45) is 0 Å². The molecule has 1 aliphatic rings. The fraction of sp³-hybridized carbons (Fsp3) is 0.200. The van der Waals surface area contributed by atoms with Gasteiger partial charge in [-0.3, -0.25) is 14.6 Å². The summed E-state index contributed by atoms with van der Waals surface area (Å²) in [6.07, 6.45) is 4.09. The molecule has 6 nitrogen and oxygen atoms in total. The Morgan fingerprint density at radius 2 is 2.15 bits per heavy atom. The van der Waals surface area contributed by atoms with Gasteiger partial charge in [-0.1, -0.05) is 6.07 Å². The van der Waals surface area contributed by atoms with Gasteiger partial charge >= 0.3 is 0 Å². The molecule has 4 rings (SSSR count). The molecule has 0 saturated heterocycles. The average Bonchev–Trinajstić information content (AvgIpc) is 3.04. The summed E-state index contributed by atoms with van der Waals surface area (Å²) in [4.78, 5) is 32.8. The number of nitrogens with one attached hydrogen (secondary N) is 2. The molecule has 0 atom stereocenters. The lowest BCUT2D eigenvalue weighted by molar-refractivity contribution is -0.116. The Kier molecular flexibility index (Phi) is 4.93. The molecule has 0 saturated carbocycles. The third kappa shape index (κ3) is 4.20. The molecule has 0 spiro atoms. The van der Waals surface area contributed by atoms with Crippen molar-refractivity contribution in [2.75, 3.05) is 10.6 Å². The molecule has 27 heavy (non-hydrogen) atoms. The second-order valence-corrected chi connectivity index (χ2v) is 7.22. The fourth-order valence-corrected chi connectivity index (χ4v) is 3.81. The van der Waals surface area contributed by atoms with Crippen LogP contribution in [0.2, 0.25) is 0 Å². The molecular weight excluding hydrogens is 360 g/mol. The Labute approximate surface area is 160 Å². The van der Waals surface area contributed by atoms with Crippen molar-refractivity contribution in [3.63, 3.8) is 0 Å². The number of aromatic nitrogens is 2. The zero-order valence-electron chi connectivity index (χ0n) is 14.6. The van der Waals surface area contributed by atoms with E-state index in [1.54, 1.807) is 6.20 Å². The largest absolute Gasteiger partial charge is 0.326 e. The van der Waals surface area contributed by atoms with Gasteiger partial charge in [0.25, 0.3) is 0 Å². The van der Waals surface area contributed by atoms with Crippen LogP contribution in [0.5, 0.6) is 0 Å². The molecule has 0 bridgehead atoms. The lowest BCUT2D eigenvalue weighted by Crippen LogP contribution is -2.15. The number of carbonyl (C=O) groups excluding carboxylic acids is 2. The van der Waals surface area contributed by atoms with Crippen LogP contribution in [-0.4, -0.2) is 21.8 Å². The zero-order valence-corrected chi connectivity index (χ0v) is 15.4. The van der Waals surface area contributed by atoms with Crippen LogP contribution in [0.1, 0.15) is 24.1 Å². The number of hydrogen-bond donors (Lipinski definition) is 2. The second kappa shape index (κ2) is 7.67. The van der Waals surface area contributed by atoms with Crippen LogP contribution in [0.4, 0.5) is 11.4 Å². The Balaban J connectivity index is 1.42. The summed E-state index contributed by atoms with van der Waals surface area (Å²) in [5, 5.41) is 8.50. The third-order valence-electron chi connectivity index (χ3n) is 4.29. The number of hydrogen-bond acceptors (Lipinski definition) is 5. The van der Waals surface area contributed by atoms with Crippen molar-refractivity contribution in [2.45, 2.75) is 25.7 Å². The first-order valence-corrected chi connectivity index (χ1v) is 9.64. The first-order valence-electron chi connectivity index (χ1n) is 8.76. The number of pyridine rings is 1. The van der Waals surface area contributed by atoms with Crippen LogP contribution in [0.15, 0.2) is 48.0 Å². The SMILES string of the molecule is O=C(Cc1csc(-c2ccccn2)n1)Nc1ccc2c(c1)CCCC(=O)N2. The minimum Gasteiger partial charge on any atom is -0.326 e. The highest BCUT2D eigenvalue weighted by atomic mass is 32.1. The summed E-state index contributed by atoms with van der Waals surface area (Å²) < 4.78 is 0. The molecule has 0 aliphatic carbocycles. The lowest BCUT2D eigenvalue weighted by Gasteiger charge is -2.10. The quantitative estimate of drug-likeness (QED) is 0.726. The predicted molar refractivity (Wildman–Crippen MR) is 106 cm³/mol. The Hall–Kier alpha value is -3.06. The maximum atomic E-state index is 12.4. The smallest absolute Gasteiger partial charge is 0.230 e. The monoisotopic (exact) mass is 378 g/mol. The van der Waals surface area contributed by atoms with Gasteiger partial charge in [-0.2, -0.15) is 0 Å². The minimum absolute atomic E-state index is 0.0396. The number of carbonyl (C=O) groups is 2. The maximum absolute atomic E-state index is 12.4. The third-order valence-corrected chi connectivity index (χ3v) is 5.20. The number of amides is 2. The summed E-state index contributed by atoms with van der Waals surface area (Å²) in [5.41, 5.74) is 4.14. The summed E-state index contributed by atoms with van der Waals surface area (Å²) in [7, 11) is 0. The van der Waals surface area contributed by atoms with Gasteiger partial charge in [0.1, 0.15) is 5.01 Å². The van der Waals surface area contributed by atoms with Crippen LogP contribution >= 0.6 is 11.3 Å². The highest BCUT2D eigenvalue weighted by molar-refractivity contribution is 7.13. The first-order chi connectivity index (χ1) is 13.2. The molecule has 1 aromatic carbocycles. The standard InChI is InChI=1S/C20H18N4O2S/c25-18-6-3-4-13-10-14(7-8-16(13)24-18)22-19(26)11-15-12-27-20(23-15)17-5-1-2-9-21-17/h1-2,5,7-10,12H,3-4,6,11H2,(H,22,26)(H,24,25). The summed E-state index contributed by atoms with van der Waals surface area (Å²) in [5.74, 6) is -0.0803. The fourth-order valence-electron chi connectivity index (χ4n) is 3.02. The Morgan fingerprint density at radius 3 is 3.00 bits per heavy atom. The Bertz CT molecular complexity index is 985. The van der Waals surface area contributed by atoms with Crippen LogP contribution in [0, 0.1) is 0 Å². The van der Waals surface area contributed by atoms with Crippen LogP contribution < -0.4 is 10.6 Å². The van der Waals surface area contributed by atoms with E-state index in [-0.39, 0.29) is 18.2 Å². The van der Waals surface area contributed by atoms with E-state index in [2.05, 4.69) is 20.6 Å². The number of fused-ring (bicyclic) bond motifs is 1. The van der Waals surface area contributed by atoms with Gasteiger partial charge in [0.15, 0.2) is 0 Å². The number of rotatable bonds is 4. The molecule has 0 fully saturated rings. The predicted octanol–water partition coefficient (Wildman–Crippen LogP) is 3.66. The van der Waals surface area contributed by atoms with Crippen LogP contribution in [-0.2, 0) is 22.4 Å². The van der Waals surface area contributed by atoms with E-state index in [0.29, 0.717) is 6.42 Å². The molecule has 7 heteroatoms. The summed E-state index contributed by atoms with van der Waals surface area (Å²) in [6, 6.07) is 11.3.